The van der Waals surface area contributed by atoms with Gasteiger partial charge in [-0.25, -0.2) is 4.98 Å². The zero-order valence-electron chi connectivity index (χ0n) is 29.3. The molecule has 0 spiro atoms. The van der Waals surface area contributed by atoms with Crippen molar-refractivity contribution in [3.05, 3.63) is 183 Å². The van der Waals surface area contributed by atoms with Gasteiger partial charge in [0.15, 0.2) is 5.82 Å². The summed E-state index contributed by atoms with van der Waals surface area (Å²) < 4.78 is 4.81. The molecule has 11 rings (SSSR count). The van der Waals surface area contributed by atoms with Crippen molar-refractivity contribution in [2.24, 2.45) is 0 Å². The third-order valence-electron chi connectivity index (χ3n) is 10.4. The maximum absolute atomic E-state index is 5.00. The van der Waals surface area contributed by atoms with E-state index in [9.17, 15) is 0 Å². The zero-order chi connectivity index (χ0) is 35.5. The summed E-state index contributed by atoms with van der Waals surface area (Å²) in [5.74, 6) is 0.987. The van der Waals surface area contributed by atoms with Crippen molar-refractivity contribution in [3.8, 4) is 28.1 Å². The molecule has 53 heavy (non-hydrogen) atoms. The number of fused-ring (bicyclic) bond motifs is 12. The first-order chi connectivity index (χ1) is 26.2. The van der Waals surface area contributed by atoms with Gasteiger partial charge in [-0.3, -0.25) is 4.57 Å². The highest BCUT2D eigenvalue weighted by atomic mass is 32.1. The Balaban J connectivity index is 0.00000113. The maximum atomic E-state index is 5.00. The third-order valence-corrected chi connectivity index (χ3v) is 11.6. The number of hydrogen-bond acceptors (Lipinski definition) is 2. The second kappa shape index (κ2) is 12.6. The van der Waals surface area contributed by atoms with Crippen molar-refractivity contribution in [2.45, 2.75) is 6.92 Å². The summed E-state index contributed by atoms with van der Waals surface area (Å²) in [6.07, 6.45) is 3.72. The quantitative estimate of drug-likeness (QED) is 0.133. The van der Waals surface area contributed by atoms with Crippen molar-refractivity contribution >= 4 is 85.6 Å². The molecule has 0 unspecified atom stereocenters. The Morgan fingerprint density at radius 2 is 0.925 bits per heavy atom. The van der Waals surface area contributed by atoms with Crippen LogP contribution in [0.25, 0.3) is 102 Å². The second-order valence-electron chi connectivity index (χ2n) is 13.5. The minimum Gasteiger partial charge on any atom is -0.293 e. The van der Waals surface area contributed by atoms with Gasteiger partial charge in [0.25, 0.3) is 0 Å². The highest BCUT2D eigenvalue weighted by molar-refractivity contribution is 7.26. The molecule has 0 N–H and O–H groups in total. The van der Waals surface area contributed by atoms with E-state index in [1.54, 1.807) is 6.08 Å². The van der Waals surface area contributed by atoms with E-state index in [1.807, 2.05) is 24.5 Å². The smallest absolute Gasteiger partial charge is 0.155 e. The maximum Gasteiger partial charge on any atom is 0.155 e. The van der Waals surface area contributed by atoms with Gasteiger partial charge < -0.3 is 0 Å². The Morgan fingerprint density at radius 3 is 1.53 bits per heavy atom. The summed E-state index contributed by atoms with van der Waals surface area (Å²) >= 11 is 1.83. The van der Waals surface area contributed by atoms with Gasteiger partial charge in [-0.05, 0) is 104 Å². The van der Waals surface area contributed by atoms with Gasteiger partial charge >= 0.3 is 0 Å². The Bertz CT molecular complexity index is 3130. The van der Waals surface area contributed by atoms with Gasteiger partial charge in [0, 0.05) is 32.4 Å². The molecule has 0 aliphatic rings. The summed E-state index contributed by atoms with van der Waals surface area (Å²) in [5, 5.41) is 12.8. The van der Waals surface area contributed by atoms with Crippen LogP contribution in [-0.2, 0) is 0 Å². The molecule has 11 aromatic rings. The molecule has 0 atom stereocenters. The predicted molar refractivity (Wildman–Crippen MR) is 231 cm³/mol. The van der Waals surface area contributed by atoms with Crippen LogP contribution in [0.1, 0.15) is 6.92 Å². The largest absolute Gasteiger partial charge is 0.293 e. The van der Waals surface area contributed by atoms with E-state index in [0.29, 0.717) is 0 Å². The molecule has 3 heterocycles. The third kappa shape index (κ3) is 4.97. The Morgan fingerprint density at radius 1 is 0.453 bits per heavy atom. The average Bonchev–Trinajstić information content (AvgIpc) is 3.77. The molecular formula is C50H34N2S. The molecule has 8 aromatic carbocycles. The zero-order valence-corrected chi connectivity index (χ0v) is 30.1. The van der Waals surface area contributed by atoms with E-state index in [0.717, 1.165) is 5.82 Å². The lowest BCUT2D eigenvalue weighted by molar-refractivity contribution is 1.11. The number of para-hydroxylation sites is 2. The number of rotatable bonds is 3. The van der Waals surface area contributed by atoms with Gasteiger partial charge in [0.1, 0.15) is 0 Å². The molecule has 0 aliphatic heterocycles. The lowest BCUT2D eigenvalue weighted by atomic mass is 9.91. The normalized spacial score (nSPS) is 11.6. The number of pyridine rings is 1. The van der Waals surface area contributed by atoms with E-state index in [4.69, 9.17) is 4.98 Å². The van der Waals surface area contributed by atoms with Crippen LogP contribution in [0.3, 0.4) is 0 Å². The van der Waals surface area contributed by atoms with E-state index < -0.39 is 0 Å². The molecule has 3 heteroatoms. The monoisotopic (exact) mass is 694 g/mol. The number of benzene rings is 8. The van der Waals surface area contributed by atoms with Crippen molar-refractivity contribution in [1.29, 1.82) is 0 Å². The second-order valence-corrected chi connectivity index (χ2v) is 14.6. The lowest BCUT2D eigenvalue weighted by Crippen LogP contribution is -1.96. The SMILES string of the molecule is C=CC.c1cc(-c2ccc3sc4c(-n5c6ccccc6c6ccccc65)nccc4c3c2)cc(-c2ccc3c4ccccc4c4ccccc4c3c2)c1. The van der Waals surface area contributed by atoms with Gasteiger partial charge in [-0.2, -0.15) is 0 Å². The summed E-state index contributed by atoms with van der Waals surface area (Å²) in [5.41, 5.74) is 7.23. The number of aromatic nitrogens is 2. The van der Waals surface area contributed by atoms with E-state index >= 15 is 0 Å². The van der Waals surface area contributed by atoms with Gasteiger partial charge in [-0.1, -0.05) is 127 Å². The molecule has 0 saturated heterocycles. The van der Waals surface area contributed by atoms with Crippen LogP contribution in [0.15, 0.2) is 183 Å². The number of thiophene rings is 1. The van der Waals surface area contributed by atoms with Crippen LogP contribution in [0, 0.1) is 0 Å². The van der Waals surface area contributed by atoms with Gasteiger partial charge in [0.05, 0.1) is 15.7 Å². The minimum absolute atomic E-state index is 0.987. The van der Waals surface area contributed by atoms with Crippen molar-refractivity contribution in [2.75, 3.05) is 0 Å². The van der Waals surface area contributed by atoms with Crippen LogP contribution in [0.2, 0.25) is 0 Å². The molecule has 3 aromatic heterocycles. The van der Waals surface area contributed by atoms with E-state index in [-0.39, 0.29) is 0 Å². The fourth-order valence-corrected chi connectivity index (χ4v) is 9.30. The first-order valence-electron chi connectivity index (χ1n) is 18.0. The molecule has 0 fully saturated rings. The molecule has 0 bridgehead atoms. The Labute approximate surface area is 311 Å². The highest BCUT2D eigenvalue weighted by Crippen LogP contribution is 2.42. The number of hydrogen-bond donors (Lipinski definition) is 0. The summed E-state index contributed by atoms with van der Waals surface area (Å²) in [4.78, 5) is 5.00. The van der Waals surface area contributed by atoms with Crippen molar-refractivity contribution < 1.29 is 0 Å². The molecular weight excluding hydrogens is 661 g/mol. The summed E-state index contributed by atoms with van der Waals surface area (Å²) in [7, 11) is 0. The topological polar surface area (TPSA) is 17.8 Å². The summed E-state index contributed by atoms with van der Waals surface area (Å²) in [6, 6.07) is 59.9. The number of nitrogens with zero attached hydrogens (tertiary/aromatic N) is 2. The fourth-order valence-electron chi connectivity index (χ4n) is 8.14. The lowest BCUT2D eigenvalue weighted by Gasteiger charge is -2.12. The van der Waals surface area contributed by atoms with Crippen molar-refractivity contribution in [1.82, 2.24) is 9.55 Å². The Kier molecular flexibility index (Phi) is 7.41. The summed E-state index contributed by atoms with van der Waals surface area (Å²) in [6.45, 7) is 5.25. The molecule has 0 saturated carbocycles. The first-order valence-corrected chi connectivity index (χ1v) is 18.8. The first kappa shape index (κ1) is 31.2. The minimum atomic E-state index is 0.987. The molecule has 0 amide bonds. The molecule has 2 nitrogen and oxygen atoms in total. The number of allylic oxidation sites excluding steroid dienone is 1. The predicted octanol–water partition coefficient (Wildman–Crippen LogP) is 14.5. The highest BCUT2D eigenvalue weighted by Gasteiger charge is 2.18. The van der Waals surface area contributed by atoms with Crippen LogP contribution in [-0.4, -0.2) is 9.55 Å². The van der Waals surface area contributed by atoms with Crippen LogP contribution in [0.5, 0.6) is 0 Å². The van der Waals surface area contributed by atoms with Crippen LogP contribution in [0.4, 0.5) is 0 Å². The fraction of sp³-hybridized carbons (Fsp3) is 0.0200. The van der Waals surface area contributed by atoms with E-state index in [1.165, 1.54) is 96.5 Å². The van der Waals surface area contributed by atoms with Crippen LogP contribution < -0.4 is 0 Å². The van der Waals surface area contributed by atoms with E-state index in [2.05, 4.69) is 175 Å². The molecule has 0 radical (unpaired) electrons. The van der Waals surface area contributed by atoms with Gasteiger partial charge in [0.2, 0.25) is 0 Å². The molecule has 250 valence electrons. The van der Waals surface area contributed by atoms with Gasteiger partial charge in [-0.15, -0.1) is 17.9 Å². The Hall–Kier alpha value is -6.55. The molecule has 0 aliphatic carbocycles. The standard InChI is InChI=1S/C47H28N2S.C3H6/c1-2-14-35-33(12-1)34-13-3-4-15-36(34)41-27-31(20-22-37(35)41)29-10-9-11-30(26-29)32-21-23-45-42(28-32)40-24-25-48-47(46(40)50-45)49-43-18-7-5-16-38(43)39-17-6-8-19-44(39)49;1-3-2/h1-28H;3H,1H2,2H3. The van der Waals surface area contributed by atoms with Crippen LogP contribution >= 0.6 is 11.3 Å². The van der Waals surface area contributed by atoms with Crippen molar-refractivity contribution in [3.63, 3.8) is 0 Å². The average molecular weight is 695 g/mol.